The molecular weight excluding hydrogens is 467 g/mol. The van der Waals surface area contributed by atoms with Crippen LogP contribution in [0, 0.1) is 5.92 Å². The Morgan fingerprint density at radius 2 is 2.14 bits per heavy atom. The Morgan fingerprint density at radius 3 is 2.82 bits per heavy atom. The molecule has 1 aromatic heterocycles. The van der Waals surface area contributed by atoms with Crippen LogP contribution >= 0.6 is 24.0 Å². The number of furan rings is 1. The molecule has 0 spiro atoms. The Balaban J connectivity index is 0.00000280. The zero-order valence-electron chi connectivity index (χ0n) is 16.8. The molecule has 1 aliphatic heterocycles. The maximum absolute atomic E-state index is 12.6. The molecule has 6 nitrogen and oxygen atoms in total. The van der Waals surface area contributed by atoms with Crippen LogP contribution in [-0.4, -0.2) is 49.0 Å². The van der Waals surface area contributed by atoms with Crippen molar-refractivity contribution in [1.82, 2.24) is 15.5 Å². The number of rotatable bonds is 7. The van der Waals surface area contributed by atoms with Gasteiger partial charge in [0, 0.05) is 38.0 Å². The van der Waals surface area contributed by atoms with Crippen molar-refractivity contribution >= 4 is 35.8 Å². The Bertz CT molecular complexity index is 653. The number of aliphatic imine (C=N–C) groups is 1. The summed E-state index contributed by atoms with van der Waals surface area (Å²) in [4.78, 5) is 19.3. The minimum Gasteiger partial charge on any atom is -0.469 e. The summed E-state index contributed by atoms with van der Waals surface area (Å²) in [6, 6.07) is 4.12. The van der Waals surface area contributed by atoms with Gasteiger partial charge < -0.3 is 20.0 Å². The molecule has 1 aromatic rings. The smallest absolute Gasteiger partial charge is 0.225 e. The summed E-state index contributed by atoms with van der Waals surface area (Å²) in [7, 11) is 0. The van der Waals surface area contributed by atoms with Gasteiger partial charge in [0.1, 0.15) is 5.76 Å². The number of nitrogens with zero attached hydrogens (tertiary/aromatic N) is 2. The van der Waals surface area contributed by atoms with Crippen molar-refractivity contribution in [3.63, 3.8) is 0 Å². The Labute approximate surface area is 185 Å². The lowest BCUT2D eigenvalue weighted by atomic mass is 10.1. The first-order valence-electron chi connectivity index (χ1n) is 10.1. The predicted octanol–water partition coefficient (Wildman–Crippen LogP) is 3.34. The first kappa shape index (κ1) is 22.8. The lowest BCUT2D eigenvalue weighted by molar-refractivity contribution is -0.134. The van der Waals surface area contributed by atoms with Crippen LogP contribution < -0.4 is 10.6 Å². The van der Waals surface area contributed by atoms with Crippen molar-refractivity contribution in [2.45, 2.75) is 51.5 Å². The second-order valence-electron chi connectivity index (χ2n) is 7.77. The highest BCUT2D eigenvalue weighted by molar-refractivity contribution is 14.0. The number of amides is 1. The van der Waals surface area contributed by atoms with Crippen molar-refractivity contribution in [1.29, 1.82) is 0 Å². The van der Waals surface area contributed by atoms with Crippen LogP contribution in [0.5, 0.6) is 0 Å². The van der Waals surface area contributed by atoms with Crippen molar-refractivity contribution in [3.8, 4) is 0 Å². The maximum Gasteiger partial charge on any atom is 0.225 e. The molecule has 3 rings (SSSR count). The second kappa shape index (κ2) is 11.5. The topological polar surface area (TPSA) is 69.9 Å². The van der Waals surface area contributed by atoms with Crippen LogP contribution in [0.15, 0.2) is 40.0 Å². The fourth-order valence-corrected chi connectivity index (χ4v) is 3.83. The van der Waals surface area contributed by atoms with E-state index in [-0.39, 0.29) is 35.9 Å². The molecule has 0 aromatic carbocycles. The quantitative estimate of drug-likeness (QED) is 0.261. The maximum atomic E-state index is 12.6. The van der Waals surface area contributed by atoms with Gasteiger partial charge in [-0.05, 0) is 38.3 Å². The number of likely N-dealkylation sites (tertiary alicyclic amines) is 1. The van der Waals surface area contributed by atoms with Gasteiger partial charge in [-0.2, -0.15) is 0 Å². The van der Waals surface area contributed by atoms with Gasteiger partial charge in [0.15, 0.2) is 5.96 Å². The standard InChI is InChI=1S/C21H32N4O2.HI/c1-16(2)14-23-21(22-11-9-19-8-5-13-27-19)24-18-10-12-25(15-18)20(26)17-6-3-4-7-17;/h5,8,13,17-18H,1,3-4,6-7,9-12,14-15H2,2H3,(H2,22,23,24);1H. The monoisotopic (exact) mass is 500 g/mol. The van der Waals surface area contributed by atoms with E-state index < -0.39 is 0 Å². The van der Waals surface area contributed by atoms with E-state index in [9.17, 15) is 4.79 Å². The van der Waals surface area contributed by atoms with Gasteiger partial charge in [-0.1, -0.05) is 25.0 Å². The number of nitrogens with one attached hydrogen (secondary N) is 2. The van der Waals surface area contributed by atoms with Crippen LogP contribution in [0.1, 0.15) is 44.8 Å². The van der Waals surface area contributed by atoms with Crippen molar-refractivity contribution in [2.24, 2.45) is 10.9 Å². The van der Waals surface area contributed by atoms with Gasteiger partial charge in [0.05, 0.1) is 12.8 Å². The molecule has 1 saturated heterocycles. The summed E-state index contributed by atoms with van der Waals surface area (Å²) in [5, 5.41) is 6.87. The summed E-state index contributed by atoms with van der Waals surface area (Å²) in [6.07, 6.45) is 7.98. The molecule has 1 amide bonds. The molecule has 156 valence electrons. The van der Waals surface area contributed by atoms with Crippen LogP contribution in [0.3, 0.4) is 0 Å². The number of hydrogen-bond acceptors (Lipinski definition) is 3. The normalized spacial score (nSPS) is 20.1. The molecule has 7 heteroatoms. The summed E-state index contributed by atoms with van der Waals surface area (Å²) < 4.78 is 5.38. The van der Waals surface area contributed by atoms with Crippen LogP contribution in [0.2, 0.25) is 0 Å². The molecule has 2 fully saturated rings. The van der Waals surface area contributed by atoms with Crippen LogP contribution in [-0.2, 0) is 11.2 Å². The van der Waals surface area contributed by atoms with E-state index in [1.165, 1.54) is 12.8 Å². The largest absolute Gasteiger partial charge is 0.469 e. The van der Waals surface area contributed by atoms with Gasteiger partial charge in [0.25, 0.3) is 0 Å². The third-order valence-electron chi connectivity index (χ3n) is 5.30. The first-order valence-corrected chi connectivity index (χ1v) is 10.1. The van der Waals surface area contributed by atoms with E-state index in [4.69, 9.17) is 4.42 Å². The highest BCUT2D eigenvalue weighted by Gasteiger charge is 2.32. The van der Waals surface area contributed by atoms with Crippen LogP contribution in [0.25, 0.3) is 0 Å². The molecule has 1 saturated carbocycles. The average molecular weight is 500 g/mol. The lowest BCUT2D eigenvalue weighted by Gasteiger charge is -2.21. The number of hydrogen-bond donors (Lipinski definition) is 2. The van der Waals surface area contributed by atoms with E-state index >= 15 is 0 Å². The van der Waals surface area contributed by atoms with E-state index in [0.29, 0.717) is 12.5 Å². The van der Waals surface area contributed by atoms with Crippen molar-refractivity contribution in [3.05, 3.63) is 36.3 Å². The van der Waals surface area contributed by atoms with E-state index in [1.54, 1.807) is 6.26 Å². The molecule has 1 atom stereocenters. The SMILES string of the molecule is C=C(C)CN=C(NCCc1ccco1)NC1CCN(C(=O)C2CCCC2)C1.I. The molecule has 2 N–H and O–H groups in total. The number of carbonyl (C=O) groups is 1. The van der Waals surface area contributed by atoms with Gasteiger partial charge in [-0.3, -0.25) is 4.79 Å². The Hall–Kier alpha value is -1.51. The van der Waals surface area contributed by atoms with Gasteiger partial charge in [0.2, 0.25) is 5.91 Å². The number of carbonyl (C=O) groups excluding carboxylic acids is 1. The molecule has 2 heterocycles. The van der Waals surface area contributed by atoms with Gasteiger partial charge in [-0.15, -0.1) is 24.0 Å². The summed E-state index contributed by atoms with van der Waals surface area (Å²) in [5.41, 5.74) is 1.02. The molecule has 28 heavy (non-hydrogen) atoms. The second-order valence-corrected chi connectivity index (χ2v) is 7.77. The fraction of sp³-hybridized carbons (Fsp3) is 0.619. The number of guanidine groups is 1. The van der Waals surface area contributed by atoms with Crippen molar-refractivity contribution in [2.75, 3.05) is 26.2 Å². The average Bonchev–Trinajstić information content (AvgIpc) is 3.40. The minimum absolute atomic E-state index is 0. The highest BCUT2D eigenvalue weighted by atomic mass is 127. The molecular formula is C21H33IN4O2. The van der Waals surface area contributed by atoms with Crippen LogP contribution in [0.4, 0.5) is 0 Å². The van der Waals surface area contributed by atoms with E-state index in [0.717, 1.165) is 62.6 Å². The summed E-state index contributed by atoms with van der Waals surface area (Å²) in [5.74, 6) is 2.34. The third-order valence-corrected chi connectivity index (χ3v) is 5.30. The van der Waals surface area contributed by atoms with Crippen molar-refractivity contribution < 1.29 is 9.21 Å². The Kier molecular flexibility index (Phi) is 9.34. The molecule has 1 unspecified atom stereocenters. The van der Waals surface area contributed by atoms with E-state index in [2.05, 4.69) is 22.2 Å². The molecule has 0 bridgehead atoms. The number of halogens is 1. The summed E-state index contributed by atoms with van der Waals surface area (Å²) in [6.45, 7) is 8.84. The molecule has 1 aliphatic carbocycles. The van der Waals surface area contributed by atoms with E-state index in [1.807, 2.05) is 24.0 Å². The summed E-state index contributed by atoms with van der Waals surface area (Å²) >= 11 is 0. The van der Waals surface area contributed by atoms with Gasteiger partial charge in [-0.25, -0.2) is 4.99 Å². The molecule has 0 radical (unpaired) electrons. The predicted molar refractivity (Wildman–Crippen MR) is 123 cm³/mol. The highest BCUT2D eigenvalue weighted by Crippen LogP contribution is 2.27. The zero-order valence-corrected chi connectivity index (χ0v) is 19.1. The molecule has 2 aliphatic rings. The fourth-order valence-electron chi connectivity index (χ4n) is 3.83. The zero-order chi connectivity index (χ0) is 19.1. The van der Waals surface area contributed by atoms with Gasteiger partial charge >= 0.3 is 0 Å². The first-order chi connectivity index (χ1) is 13.1. The minimum atomic E-state index is 0. The third kappa shape index (κ3) is 6.83. The lowest BCUT2D eigenvalue weighted by Crippen LogP contribution is -2.46. The Morgan fingerprint density at radius 1 is 1.36 bits per heavy atom.